The lowest BCUT2D eigenvalue weighted by molar-refractivity contribution is 0.0753. The lowest BCUT2D eigenvalue weighted by atomic mass is 10.00. The van der Waals surface area contributed by atoms with Crippen LogP contribution in [-0.4, -0.2) is 18.3 Å². The van der Waals surface area contributed by atoms with E-state index in [0.29, 0.717) is 24.0 Å². The van der Waals surface area contributed by atoms with E-state index in [1.54, 1.807) is 6.07 Å². The van der Waals surface area contributed by atoms with Crippen LogP contribution >= 0.6 is 11.6 Å². The Balaban J connectivity index is 1.94. The van der Waals surface area contributed by atoms with Gasteiger partial charge in [0.05, 0.1) is 6.61 Å². The normalized spacial score (nSPS) is 22.1. The van der Waals surface area contributed by atoms with E-state index in [2.05, 4.69) is 0 Å². The summed E-state index contributed by atoms with van der Waals surface area (Å²) in [7, 11) is 0. The predicted molar refractivity (Wildman–Crippen MR) is 65.1 cm³/mol. The summed E-state index contributed by atoms with van der Waals surface area (Å²) in [6, 6.07) is 7.28. The monoisotopic (exact) mass is 252 g/mol. The summed E-state index contributed by atoms with van der Waals surface area (Å²) in [5, 5.41) is 11.8. The van der Waals surface area contributed by atoms with E-state index in [1.807, 2.05) is 18.2 Å². The molecule has 17 heavy (non-hydrogen) atoms. The molecule has 1 aromatic heterocycles. The van der Waals surface area contributed by atoms with E-state index < -0.39 is 6.10 Å². The SMILES string of the molecule is OC(c1cc2cc(Cl)ccc2o1)C1CCOC1. The number of halogens is 1. The van der Waals surface area contributed by atoms with E-state index in [1.165, 1.54) is 0 Å². The number of furan rings is 1. The highest BCUT2D eigenvalue weighted by atomic mass is 35.5. The van der Waals surface area contributed by atoms with Gasteiger partial charge in [-0.05, 0) is 30.7 Å². The van der Waals surface area contributed by atoms with Crippen LogP contribution in [0.5, 0.6) is 0 Å². The third-order valence-corrected chi connectivity index (χ3v) is 3.44. The second-order valence-electron chi connectivity index (χ2n) is 4.40. The molecular formula is C13H13ClO3. The summed E-state index contributed by atoms with van der Waals surface area (Å²) in [6.07, 6.45) is 0.280. The number of benzene rings is 1. The van der Waals surface area contributed by atoms with Crippen molar-refractivity contribution < 1.29 is 14.3 Å². The molecule has 90 valence electrons. The highest BCUT2D eigenvalue weighted by Crippen LogP contribution is 2.32. The fourth-order valence-electron chi connectivity index (χ4n) is 2.21. The van der Waals surface area contributed by atoms with Gasteiger partial charge in [-0.15, -0.1) is 0 Å². The van der Waals surface area contributed by atoms with Crippen molar-refractivity contribution in [1.29, 1.82) is 0 Å². The van der Waals surface area contributed by atoms with Crippen LogP contribution in [-0.2, 0) is 4.74 Å². The standard InChI is InChI=1S/C13H13ClO3/c14-10-1-2-11-9(5-10)6-12(17-11)13(15)8-3-4-16-7-8/h1-2,5-6,8,13,15H,3-4,7H2. The predicted octanol–water partition coefficient (Wildman–Crippen LogP) is 3.16. The molecule has 0 spiro atoms. The van der Waals surface area contributed by atoms with Crippen molar-refractivity contribution in [2.24, 2.45) is 5.92 Å². The van der Waals surface area contributed by atoms with Gasteiger partial charge in [-0.3, -0.25) is 0 Å². The zero-order chi connectivity index (χ0) is 11.8. The lowest BCUT2D eigenvalue weighted by Crippen LogP contribution is -2.11. The molecule has 2 unspecified atom stereocenters. The molecule has 1 aliphatic heterocycles. The molecule has 3 rings (SSSR count). The molecule has 1 N–H and O–H groups in total. The Kier molecular flexibility index (Phi) is 2.82. The average molecular weight is 253 g/mol. The van der Waals surface area contributed by atoms with Crippen LogP contribution in [0.3, 0.4) is 0 Å². The van der Waals surface area contributed by atoms with Gasteiger partial charge >= 0.3 is 0 Å². The number of fused-ring (bicyclic) bond motifs is 1. The van der Waals surface area contributed by atoms with E-state index >= 15 is 0 Å². The third-order valence-electron chi connectivity index (χ3n) is 3.20. The van der Waals surface area contributed by atoms with Crippen molar-refractivity contribution in [2.45, 2.75) is 12.5 Å². The molecule has 0 radical (unpaired) electrons. The van der Waals surface area contributed by atoms with Crippen molar-refractivity contribution in [1.82, 2.24) is 0 Å². The maximum Gasteiger partial charge on any atom is 0.134 e. The second-order valence-corrected chi connectivity index (χ2v) is 4.84. The molecule has 1 fully saturated rings. The maximum absolute atomic E-state index is 10.2. The third kappa shape index (κ3) is 2.06. The van der Waals surface area contributed by atoms with Crippen molar-refractivity contribution in [3.05, 3.63) is 35.0 Å². The highest BCUT2D eigenvalue weighted by Gasteiger charge is 2.27. The van der Waals surface area contributed by atoms with Gasteiger partial charge in [0, 0.05) is 22.9 Å². The van der Waals surface area contributed by atoms with E-state index in [0.717, 1.165) is 17.4 Å². The van der Waals surface area contributed by atoms with Gasteiger partial charge in [0.2, 0.25) is 0 Å². The molecule has 0 saturated carbocycles. The zero-order valence-electron chi connectivity index (χ0n) is 9.23. The zero-order valence-corrected chi connectivity index (χ0v) is 9.98. The Labute approximate surface area is 104 Å². The van der Waals surface area contributed by atoms with Crippen LogP contribution in [0.2, 0.25) is 5.02 Å². The fourth-order valence-corrected chi connectivity index (χ4v) is 2.40. The second kappa shape index (κ2) is 4.33. The summed E-state index contributed by atoms with van der Waals surface area (Å²) < 4.78 is 10.9. The van der Waals surface area contributed by atoms with Crippen LogP contribution in [0.15, 0.2) is 28.7 Å². The van der Waals surface area contributed by atoms with Crippen LogP contribution < -0.4 is 0 Å². The van der Waals surface area contributed by atoms with E-state index in [9.17, 15) is 5.11 Å². The number of aliphatic hydroxyl groups is 1. The van der Waals surface area contributed by atoms with Crippen molar-refractivity contribution in [3.63, 3.8) is 0 Å². The van der Waals surface area contributed by atoms with Crippen LogP contribution in [0, 0.1) is 5.92 Å². The first-order valence-electron chi connectivity index (χ1n) is 5.69. The molecule has 3 nitrogen and oxygen atoms in total. The van der Waals surface area contributed by atoms with Gasteiger partial charge in [0.25, 0.3) is 0 Å². The Morgan fingerprint density at radius 1 is 1.35 bits per heavy atom. The molecule has 2 aromatic rings. The fraction of sp³-hybridized carbons (Fsp3) is 0.385. The quantitative estimate of drug-likeness (QED) is 0.893. The van der Waals surface area contributed by atoms with Gasteiger partial charge in [0.15, 0.2) is 0 Å². The number of aliphatic hydroxyl groups excluding tert-OH is 1. The van der Waals surface area contributed by atoms with Crippen LogP contribution in [0.25, 0.3) is 11.0 Å². The van der Waals surface area contributed by atoms with Gasteiger partial charge in [-0.1, -0.05) is 11.6 Å². The molecule has 1 saturated heterocycles. The minimum atomic E-state index is -0.594. The summed E-state index contributed by atoms with van der Waals surface area (Å²) in [6.45, 7) is 1.31. The van der Waals surface area contributed by atoms with Gasteiger partial charge in [0.1, 0.15) is 17.4 Å². The van der Waals surface area contributed by atoms with Gasteiger partial charge in [-0.25, -0.2) is 0 Å². The molecular weight excluding hydrogens is 240 g/mol. The minimum Gasteiger partial charge on any atom is -0.458 e. The largest absolute Gasteiger partial charge is 0.458 e. The summed E-state index contributed by atoms with van der Waals surface area (Å²) in [5.74, 6) is 0.726. The van der Waals surface area contributed by atoms with Crippen LogP contribution in [0.4, 0.5) is 0 Å². The molecule has 2 heterocycles. The molecule has 2 atom stereocenters. The number of rotatable bonds is 2. The first kappa shape index (κ1) is 11.1. The maximum atomic E-state index is 10.2. The van der Waals surface area contributed by atoms with E-state index in [4.69, 9.17) is 20.8 Å². The number of hydrogen-bond acceptors (Lipinski definition) is 3. The van der Waals surface area contributed by atoms with Gasteiger partial charge in [-0.2, -0.15) is 0 Å². The lowest BCUT2D eigenvalue weighted by Gasteiger charge is -2.13. The van der Waals surface area contributed by atoms with Crippen molar-refractivity contribution >= 4 is 22.6 Å². The van der Waals surface area contributed by atoms with Crippen molar-refractivity contribution in [2.75, 3.05) is 13.2 Å². The highest BCUT2D eigenvalue weighted by molar-refractivity contribution is 6.31. The number of ether oxygens (including phenoxy) is 1. The smallest absolute Gasteiger partial charge is 0.134 e. The van der Waals surface area contributed by atoms with Crippen molar-refractivity contribution in [3.8, 4) is 0 Å². The first-order chi connectivity index (χ1) is 8.24. The summed E-state index contributed by atoms with van der Waals surface area (Å²) >= 11 is 5.91. The Hall–Kier alpha value is -1.03. The summed E-state index contributed by atoms with van der Waals surface area (Å²) in [4.78, 5) is 0. The molecule has 0 aliphatic carbocycles. The first-order valence-corrected chi connectivity index (χ1v) is 6.06. The molecule has 1 aromatic carbocycles. The molecule has 1 aliphatic rings. The Morgan fingerprint density at radius 3 is 3.00 bits per heavy atom. The number of hydrogen-bond donors (Lipinski definition) is 1. The molecule has 0 bridgehead atoms. The summed E-state index contributed by atoms with van der Waals surface area (Å²) in [5.41, 5.74) is 0.752. The van der Waals surface area contributed by atoms with Gasteiger partial charge < -0.3 is 14.3 Å². The van der Waals surface area contributed by atoms with Crippen LogP contribution in [0.1, 0.15) is 18.3 Å². The minimum absolute atomic E-state index is 0.131. The molecule has 0 amide bonds. The van der Waals surface area contributed by atoms with E-state index in [-0.39, 0.29) is 5.92 Å². The average Bonchev–Trinajstić information content (AvgIpc) is 2.96. The Morgan fingerprint density at radius 2 is 2.24 bits per heavy atom. The topological polar surface area (TPSA) is 42.6 Å². The molecule has 4 heteroatoms. The Bertz CT molecular complexity index is 528.